The van der Waals surface area contributed by atoms with Crippen molar-refractivity contribution in [3.8, 4) is 5.75 Å². The first-order chi connectivity index (χ1) is 12.2. The highest BCUT2D eigenvalue weighted by molar-refractivity contribution is 6.32. The Bertz CT molecular complexity index is 967. The van der Waals surface area contributed by atoms with Crippen molar-refractivity contribution in [2.75, 3.05) is 12.3 Å². The standard InChI is InChI=1S/C15H15ClN4O6/c1-6(5-26-9-3-2-7(14(23)24)4-8(9)16)18-13(22)11-10(17)12(21)20-15(25)19-11/h2-4,6H,5,17H2,1H3,(H,18,22)(H,23,24)(H2,19,20,21,25)/t6-/m1/s1. The summed E-state index contributed by atoms with van der Waals surface area (Å²) in [4.78, 5) is 49.7. The molecule has 1 atom stereocenters. The molecular formula is C15H15ClN4O6. The molecule has 2 rings (SSSR count). The Morgan fingerprint density at radius 1 is 1.35 bits per heavy atom. The number of aromatic nitrogens is 2. The Kier molecular flexibility index (Phi) is 5.68. The van der Waals surface area contributed by atoms with Gasteiger partial charge in [0.25, 0.3) is 11.5 Å². The van der Waals surface area contributed by atoms with Gasteiger partial charge in [-0.15, -0.1) is 0 Å². The van der Waals surface area contributed by atoms with E-state index in [2.05, 4.69) is 10.3 Å². The number of nitrogens with two attached hydrogens (primary N) is 1. The SMILES string of the molecule is C[C@H](COc1ccc(C(=O)O)cc1Cl)NC(=O)c1[nH]c(=O)[nH]c(=O)c1N. The number of carboxylic acid groups (broad SMARTS) is 1. The highest BCUT2D eigenvalue weighted by Gasteiger charge is 2.17. The minimum atomic E-state index is -1.12. The number of anilines is 1. The van der Waals surface area contributed by atoms with E-state index in [-0.39, 0.29) is 28.6 Å². The Labute approximate surface area is 150 Å². The van der Waals surface area contributed by atoms with Crippen molar-refractivity contribution in [2.45, 2.75) is 13.0 Å². The summed E-state index contributed by atoms with van der Waals surface area (Å²) in [5, 5.41) is 11.5. The summed E-state index contributed by atoms with van der Waals surface area (Å²) in [6, 6.07) is 3.42. The molecule has 0 spiro atoms. The summed E-state index contributed by atoms with van der Waals surface area (Å²) in [6.07, 6.45) is 0. The topological polar surface area (TPSA) is 167 Å². The van der Waals surface area contributed by atoms with Gasteiger partial charge >= 0.3 is 11.7 Å². The molecule has 26 heavy (non-hydrogen) atoms. The molecule has 1 aromatic carbocycles. The number of nitrogens with one attached hydrogen (secondary N) is 3. The number of hydrogen-bond donors (Lipinski definition) is 5. The summed E-state index contributed by atoms with van der Waals surface area (Å²) in [5.41, 5.74) is 3.00. The number of benzene rings is 1. The maximum Gasteiger partial charge on any atom is 0.335 e. The quantitative estimate of drug-likeness (QED) is 0.475. The van der Waals surface area contributed by atoms with Crippen LogP contribution in [0, 0.1) is 0 Å². The lowest BCUT2D eigenvalue weighted by Gasteiger charge is -2.16. The Morgan fingerprint density at radius 2 is 2.04 bits per heavy atom. The first kappa shape index (κ1) is 19.1. The fourth-order valence-corrected chi connectivity index (χ4v) is 2.21. The number of carbonyl (C=O) groups excluding carboxylic acids is 1. The van der Waals surface area contributed by atoms with Crippen LogP contribution < -0.4 is 27.0 Å². The van der Waals surface area contributed by atoms with E-state index in [0.717, 1.165) is 0 Å². The van der Waals surface area contributed by atoms with Crippen LogP contribution in [0.2, 0.25) is 5.02 Å². The third kappa shape index (κ3) is 4.42. The Morgan fingerprint density at radius 3 is 2.65 bits per heavy atom. The van der Waals surface area contributed by atoms with Gasteiger partial charge in [-0.1, -0.05) is 11.6 Å². The third-order valence-corrected chi connectivity index (χ3v) is 3.55. The van der Waals surface area contributed by atoms with E-state index < -0.39 is 34.9 Å². The van der Waals surface area contributed by atoms with Crippen molar-refractivity contribution in [3.05, 3.63) is 55.3 Å². The van der Waals surface area contributed by atoms with Crippen molar-refractivity contribution in [3.63, 3.8) is 0 Å². The van der Waals surface area contributed by atoms with Crippen LogP contribution >= 0.6 is 11.6 Å². The van der Waals surface area contributed by atoms with E-state index in [9.17, 15) is 19.2 Å². The predicted molar refractivity (Wildman–Crippen MR) is 92.9 cm³/mol. The van der Waals surface area contributed by atoms with Gasteiger partial charge in [0.15, 0.2) is 0 Å². The fraction of sp³-hybridized carbons (Fsp3) is 0.200. The lowest BCUT2D eigenvalue weighted by molar-refractivity contribution is 0.0696. The second-order valence-electron chi connectivity index (χ2n) is 5.33. The molecule has 1 heterocycles. The van der Waals surface area contributed by atoms with Crippen LogP contribution in [0.5, 0.6) is 5.75 Å². The van der Waals surface area contributed by atoms with E-state index in [0.29, 0.717) is 0 Å². The number of carboxylic acids is 1. The zero-order chi connectivity index (χ0) is 19.4. The number of H-pyrrole nitrogens is 2. The second kappa shape index (κ2) is 7.74. The molecule has 0 bridgehead atoms. The molecule has 0 aliphatic rings. The number of hydrogen-bond acceptors (Lipinski definition) is 6. The van der Waals surface area contributed by atoms with Crippen molar-refractivity contribution in [1.29, 1.82) is 0 Å². The fourth-order valence-electron chi connectivity index (χ4n) is 1.98. The third-order valence-electron chi connectivity index (χ3n) is 3.25. The van der Waals surface area contributed by atoms with Crippen molar-refractivity contribution >= 4 is 29.2 Å². The summed E-state index contributed by atoms with van der Waals surface area (Å²) in [6.45, 7) is 1.60. The largest absolute Gasteiger partial charge is 0.490 e. The number of carbonyl (C=O) groups is 2. The van der Waals surface area contributed by atoms with Crippen molar-refractivity contribution in [2.24, 2.45) is 0 Å². The maximum absolute atomic E-state index is 12.1. The molecule has 1 amide bonds. The highest BCUT2D eigenvalue weighted by atomic mass is 35.5. The Balaban J connectivity index is 2.02. The number of aromatic amines is 2. The molecule has 0 saturated heterocycles. The number of rotatable bonds is 6. The first-order valence-electron chi connectivity index (χ1n) is 7.27. The second-order valence-corrected chi connectivity index (χ2v) is 5.74. The van der Waals surface area contributed by atoms with Gasteiger partial charge in [-0.3, -0.25) is 14.6 Å². The number of aromatic carboxylic acids is 1. The van der Waals surface area contributed by atoms with Crippen LogP contribution in [0.25, 0.3) is 0 Å². The van der Waals surface area contributed by atoms with Gasteiger partial charge in [0, 0.05) is 0 Å². The molecule has 6 N–H and O–H groups in total. The smallest absolute Gasteiger partial charge is 0.335 e. The molecule has 0 aliphatic heterocycles. The van der Waals surface area contributed by atoms with E-state index in [1.165, 1.54) is 18.2 Å². The van der Waals surface area contributed by atoms with E-state index in [4.69, 9.17) is 27.2 Å². The monoisotopic (exact) mass is 382 g/mol. The average Bonchev–Trinajstić information content (AvgIpc) is 2.56. The zero-order valence-corrected chi connectivity index (χ0v) is 14.2. The molecule has 138 valence electrons. The average molecular weight is 383 g/mol. The number of amides is 1. The summed E-state index contributed by atoms with van der Waals surface area (Å²) < 4.78 is 5.44. The molecule has 0 radical (unpaired) electrons. The molecule has 0 unspecified atom stereocenters. The Hall–Kier alpha value is -3.27. The van der Waals surface area contributed by atoms with E-state index in [1.807, 2.05) is 4.98 Å². The molecule has 1 aromatic heterocycles. The van der Waals surface area contributed by atoms with Crippen LogP contribution in [0.1, 0.15) is 27.8 Å². The van der Waals surface area contributed by atoms with Crippen LogP contribution in [-0.4, -0.2) is 39.6 Å². The van der Waals surface area contributed by atoms with Gasteiger partial charge in [-0.2, -0.15) is 0 Å². The lowest BCUT2D eigenvalue weighted by Crippen LogP contribution is -2.40. The zero-order valence-electron chi connectivity index (χ0n) is 13.5. The minimum Gasteiger partial charge on any atom is -0.490 e. The molecule has 0 aliphatic carbocycles. The molecular weight excluding hydrogens is 368 g/mol. The van der Waals surface area contributed by atoms with Crippen LogP contribution in [-0.2, 0) is 0 Å². The van der Waals surface area contributed by atoms with Crippen LogP contribution in [0.3, 0.4) is 0 Å². The van der Waals surface area contributed by atoms with Gasteiger partial charge in [-0.25, -0.2) is 9.59 Å². The molecule has 2 aromatic rings. The molecule has 0 fully saturated rings. The summed E-state index contributed by atoms with van der Waals surface area (Å²) in [5.74, 6) is -1.64. The number of ether oxygens (including phenoxy) is 1. The normalized spacial score (nSPS) is 11.6. The van der Waals surface area contributed by atoms with Gasteiger partial charge < -0.3 is 25.9 Å². The van der Waals surface area contributed by atoms with Crippen LogP contribution in [0.15, 0.2) is 27.8 Å². The summed E-state index contributed by atoms with van der Waals surface area (Å²) >= 11 is 5.94. The molecule has 10 nitrogen and oxygen atoms in total. The van der Waals surface area contributed by atoms with Crippen molar-refractivity contribution in [1.82, 2.24) is 15.3 Å². The van der Waals surface area contributed by atoms with Gasteiger partial charge in [0.05, 0.1) is 16.6 Å². The van der Waals surface area contributed by atoms with E-state index in [1.54, 1.807) is 6.92 Å². The maximum atomic E-state index is 12.1. The molecule has 11 heteroatoms. The van der Waals surface area contributed by atoms with Gasteiger partial charge in [0.1, 0.15) is 23.7 Å². The number of nitrogen functional groups attached to an aromatic ring is 1. The van der Waals surface area contributed by atoms with Gasteiger partial charge in [0.2, 0.25) is 0 Å². The van der Waals surface area contributed by atoms with Crippen LogP contribution in [0.4, 0.5) is 5.69 Å². The predicted octanol–water partition coefficient (Wildman–Crippen LogP) is 0.194. The minimum absolute atomic E-state index is 0.00872. The lowest BCUT2D eigenvalue weighted by atomic mass is 10.2. The summed E-state index contributed by atoms with van der Waals surface area (Å²) in [7, 11) is 0. The number of halogens is 1. The van der Waals surface area contributed by atoms with E-state index >= 15 is 0 Å². The first-order valence-corrected chi connectivity index (χ1v) is 7.65. The van der Waals surface area contributed by atoms with Gasteiger partial charge in [-0.05, 0) is 25.1 Å². The van der Waals surface area contributed by atoms with Crippen molar-refractivity contribution < 1.29 is 19.4 Å². The molecule has 0 saturated carbocycles. The highest BCUT2D eigenvalue weighted by Crippen LogP contribution is 2.25.